The number of hydrogen-bond acceptors (Lipinski definition) is 3. The van der Waals surface area contributed by atoms with E-state index in [1.165, 1.54) is 4.90 Å². The van der Waals surface area contributed by atoms with Crippen LogP contribution in [0.4, 0.5) is 5.69 Å². The molecule has 2 aromatic rings. The second-order valence-electron chi connectivity index (χ2n) is 6.78. The molecule has 0 fully saturated rings. The third kappa shape index (κ3) is 3.52. The van der Waals surface area contributed by atoms with Gasteiger partial charge in [0.2, 0.25) is 5.91 Å². The average molecular weight is 350 g/mol. The number of rotatable bonds is 5. The predicted molar refractivity (Wildman–Crippen MR) is 100 cm³/mol. The average Bonchev–Trinajstić information content (AvgIpc) is 2.82. The number of imide groups is 1. The molecular weight excluding hydrogens is 328 g/mol. The minimum absolute atomic E-state index is 0.119. The lowest BCUT2D eigenvalue weighted by Gasteiger charge is -2.14. The van der Waals surface area contributed by atoms with Crippen LogP contribution in [0.3, 0.4) is 0 Å². The van der Waals surface area contributed by atoms with Crippen molar-refractivity contribution < 1.29 is 14.4 Å². The summed E-state index contributed by atoms with van der Waals surface area (Å²) in [5.41, 5.74) is 4.72. The van der Waals surface area contributed by atoms with Crippen LogP contribution in [0, 0.1) is 20.8 Å². The Bertz CT molecular complexity index is 902. The third-order valence-corrected chi connectivity index (χ3v) is 4.58. The van der Waals surface area contributed by atoms with Crippen LogP contribution in [-0.4, -0.2) is 29.2 Å². The summed E-state index contributed by atoms with van der Waals surface area (Å²) in [5, 5.41) is 2.90. The molecule has 0 unspecified atom stereocenters. The number of hydrogen-bond donors (Lipinski definition) is 1. The standard InChI is InChI=1S/C21H22N2O3/c1-13-7-9-16-17(11-13)21(26)23(20(16)25)10-4-5-19(24)22-18-12-14(2)6-8-15(18)3/h6-9,11-12H,4-5,10H2,1-3H3,(H,22,24). The Kier molecular flexibility index (Phi) is 4.89. The quantitative estimate of drug-likeness (QED) is 0.838. The molecule has 2 aromatic carbocycles. The normalized spacial score (nSPS) is 13.1. The van der Waals surface area contributed by atoms with Crippen molar-refractivity contribution in [3.8, 4) is 0 Å². The summed E-state index contributed by atoms with van der Waals surface area (Å²) in [5.74, 6) is -0.672. The van der Waals surface area contributed by atoms with Gasteiger partial charge in [-0.15, -0.1) is 0 Å². The van der Waals surface area contributed by atoms with Crippen LogP contribution in [0.25, 0.3) is 0 Å². The number of carbonyl (C=O) groups is 3. The van der Waals surface area contributed by atoms with Gasteiger partial charge in [0.15, 0.2) is 0 Å². The summed E-state index contributed by atoms with van der Waals surface area (Å²) < 4.78 is 0. The summed E-state index contributed by atoms with van der Waals surface area (Å²) >= 11 is 0. The highest BCUT2D eigenvalue weighted by molar-refractivity contribution is 6.21. The van der Waals surface area contributed by atoms with E-state index in [4.69, 9.17) is 0 Å². The van der Waals surface area contributed by atoms with Gasteiger partial charge in [-0.2, -0.15) is 0 Å². The fourth-order valence-corrected chi connectivity index (χ4v) is 3.09. The molecule has 0 bridgehead atoms. The summed E-state index contributed by atoms with van der Waals surface area (Å²) in [6.45, 7) is 6.04. The Morgan fingerprint density at radius 3 is 2.35 bits per heavy atom. The molecule has 1 aliphatic rings. The van der Waals surface area contributed by atoms with Crippen molar-refractivity contribution in [3.63, 3.8) is 0 Å². The Hall–Kier alpha value is -2.95. The van der Waals surface area contributed by atoms with Gasteiger partial charge >= 0.3 is 0 Å². The Morgan fingerprint density at radius 2 is 1.58 bits per heavy atom. The summed E-state index contributed by atoms with van der Waals surface area (Å²) in [6.07, 6.45) is 0.682. The molecule has 3 rings (SSSR count). The maximum absolute atomic E-state index is 12.4. The molecule has 0 spiro atoms. The smallest absolute Gasteiger partial charge is 0.261 e. The van der Waals surface area contributed by atoms with E-state index in [2.05, 4.69) is 5.32 Å². The summed E-state index contributed by atoms with van der Waals surface area (Å²) in [7, 11) is 0. The van der Waals surface area contributed by atoms with E-state index in [0.29, 0.717) is 17.5 Å². The van der Waals surface area contributed by atoms with Crippen molar-refractivity contribution in [1.82, 2.24) is 4.90 Å². The molecule has 134 valence electrons. The van der Waals surface area contributed by atoms with Gasteiger partial charge in [-0.1, -0.05) is 23.8 Å². The zero-order chi connectivity index (χ0) is 18.8. The Labute approximate surface area is 153 Å². The SMILES string of the molecule is Cc1ccc(C)c(NC(=O)CCCN2C(=O)c3ccc(C)cc3C2=O)c1. The molecule has 1 heterocycles. The molecule has 0 saturated carbocycles. The van der Waals surface area contributed by atoms with E-state index < -0.39 is 0 Å². The topological polar surface area (TPSA) is 66.5 Å². The molecule has 1 N–H and O–H groups in total. The minimum Gasteiger partial charge on any atom is -0.326 e. The van der Waals surface area contributed by atoms with Crippen LogP contribution in [0.2, 0.25) is 0 Å². The lowest BCUT2D eigenvalue weighted by molar-refractivity contribution is -0.116. The molecular formula is C21H22N2O3. The second kappa shape index (κ2) is 7.12. The van der Waals surface area contributed by atoms with Crippen molar-refractivity contribution in [2.45, 2.75) is 33.6 Å². The highest BCUT2D eigenvalue weighted by Gasteiger charge is 2.34. The molecule has 0 aliphatic carbocycles. The number of benzene rings is 2. The first-order valence-electron chi connectivity index (χ1n) is 8.71. The maximum atomic E-state index is 12.4. The predicted octanol–water partition coefficient (Wildman–Crippen LogP) is 3.63. The summed E-state index contributed by atoms with van der Waals surface area (Å²) in [4.78, 5) is 38.2. The molecule has 0 atom stereocenters. The molecule has 0 saturated heterocycles. The first kappa shape index (κ1) is 17.9. The molecule has 3 amide bonds. The number of aryl methyl sites for hydroxylation is 3. The van der Waals surface area contributed by atoms with Crippen LogP contribution < -0.4 is 5.32 Å². The third-order valence-electron chi connectivity index (χ3n) is 4.58. The number of fused-ring (bicyclic) bond motifs is 1. The molecule has 1 aliphatic heterocycles. The van der Waals surface area contributed by atoms with Gasteiger partial charge in [0.05, 0.1) is 11.1 Å². The molecule has 26 heavy (non-hydrogen) atoms. The van der Waals surface area contributed by atoms with Gasteiger partial charge in [0.1, 0.15) is 0 Å². The maximum Gasteiger partial charge on any atom is 0.261 e. The lowest BCUT2D eigenvalue weighted by Crippen LogP contribution is -2.31. The van der Waals surface area contributed by atoms with Crippen LogP contribution in [0.5, 0.6) is 0 Å². The van der Waals surface area contributed by atoms with Crippen molar-refractivity contribution in [2.75, 3.05) is 11.9 Å². The van der Waals surface area contributed by atoms with E-state index in [9.17, 15) is 14.4 Å². The molecule has 0 aromatic heterocycles. The van der Waals surface area contributed by atoms with Gasteiger partial charge in [-0.3, -0.25) is 19.3 Å². The van der Waals surface area contributed by atoms with Gasteiger partial charge in [0.25, 0.3) is 11.8 Å². The van der Waals surface area contributed by atoms with E-state index in [-0.39, 0.29) is 30.7 Å². The van der Waals surface area contributed by atoms with Crippen LogP contribution in [0.1, 0.15) is 50.2 Å². The van der Waals surface area contributed by atoms with Crippen molar-refractivity contribution in [2.24, 2.45) is 0 Å². The van der Waals surface area contributed by atoms with E-state index in [1.807, 2.05) is 45.0 Å². The van der Waals surface area contributed by atoms with Crippen LogP contribution >= 0.6 is 0 Å². The number of nitrogens with one attached hydrogen (secondary N) is 1. The lowest BCUT2D eigenvalue weighted by atomic mass is 10.1. The van der Waals surface area contributed by atoms with Crippen molar-refractivity contribution in [1.29, 1.82) is 0 Å². The Balaban J connectivity index is 1.57. The number of anilines is 1. The Morgan fingerprint density at radius 1 is 0.923 bits per heavy atom. The monoisotopic (exact) mass is 350 g/mol. The molecule has 5 heteroatoms. The highest BCUT2D eigenvalue weighted by Crippen LogP contribution is 2.24. The molecule has 0 radical (unpaired) electrons. The largest absolute Gasteiger partial charge is 0.326 e. The van der Waals surface area contributed by atoms with E-state index in [0.717, 1.165) is 22.4 Å². The zero-order valence-corrected chi connectivity index (χ0v) is 15.3. The molecule has 5 nitrogen and oxygen atoms in total. The van der Waals surface area contributed by atoms with Gasteiger partial charge in [-0.05, 0) is 56.5 Å². The van der Waals surface area contributed by atoms with Gasteiger partial charge in [-0.25, -0.2) is 0 Å². The van der Waals surface area contributed by atoms with E-state index in [1.54, 1.807) is 12.1 Å². The number of amides is 3. The first-order chi connectivity index (χ1) is 12.4. The summed E-state index contributed by atoms with van der Waals surface area (Å²) in [6, 6.07) is 11.1. The van der Waals surface area contributed by atoms with Crippen LogP contribution in [-0.2, 0) is 4.79 Å². The van der Waals surface area contributed by atoms with Crippen molar-refractivity contribution >= 4 is 23.4 Å². The zero-order valence-electron chi connectivity index (χ0n) is 15.3. The van der Waals surface area contributed by atoms with E-state index >= 15 is 0 Å². The fourth-order valence-electron chi connectivity index (χ4n) is 3.09. The second-order valence-corrected chi connectivity index (χ2v) is 6.78. The highest BCUT2D eigenvalue weighted by atomic mass is 16.2. The van der Waals surface area contributed by atoms with Crippen LogP contribution in [0.15, 0.2) is 36.4 Å². The number of carbonyl (C=O) groups excluding carboxylic acids is 3. The fraction of sp³-hybridized carbons (Fsp3) is 0.286. The van der Waals surface area contributed by atoms with Gasteiger partial charge < -0.3 is 5.32 Å². The minimum atomic E-state index is -0.278. The first-order valence-corrected chi connectivity index (χ1v) is 8.71. The van der Waals surface area contributed by atoms with Crippen molar-refractivity contribution in [3.05, 3.63) is 64.2 Å². The number of nitrogens with zero attached hydrogens (tertiary/aromatic N) is 1. The van der Waals surface area contributed by atoms with Gasteiger partial charge in [0, 0.05) is 18.7 Å².